The Morgan fingerprint density at radius 1 is 1.16 bits per heavy atom. The van der Waals surface area contributed by atoms with E-state index in [1.165, 1.54) is 12.1 Å². The molecule has 0 spiro atoms. The Balaban J connectivity index is 1.75. The van der Waals surface area contributed by atoms with Gasteiger partial charge in [-0.15, -0.1) is 0 Å². The summed E-state index contributed by atoms with van der Waals surface area (Å²) in [7, 11) is 0. The van der Waals surface area contributed by atoms with Gasteiger partial charge >= 0.3 is 0 Å². The molecule has 1 atom stereocenters. The van der Waals surface area contributed by atoms with E-state index in [4.69, 9.17) is 0 Å². The maximum Gasteiger partial charge on any atom is 0.221 e. The molecule has 0 bridgehead atoms. The van der Waals surface area contributed by atoms with Gasteiger partial charge in [0.05, 0.1) is 0 Å². The van der Waals surface area contributed by atoms with Crippen molar-refractivity contribution < 1.29 is 13.6 Å². The second-order valence-electron chi connectivity index (χ2n) is 6.55. The smallest absolute Gasteiger partial charge is 0.221 e. The fourth-order valence-corrected chi connectivity index (χ4v) is 3.25. The molecular formula is C20H18F2N2O. The molecule has 0 aliphatic heterocycles. The molecule has 3 nitrogen and oxygen atoms in total. The molecule has 1 heterocycles. The summed E-state index contributed by atoms with van der Waals surface area (Å²) in [5.41, 5.74) is 2.09. The van der Waals surface area contributed by atoms with Crippen molar-refractivity contribution >= 4 is 16.8 Å². The zero-order chi connectivity index (χ0) is 17.4. The lowest BCUT2D eigenvalue weighted by Gasteiger charge is -2.18. The molecule has 1 amide bonds. The molecule has 1 aliphatic carbocycles. The molecule has 3 aromatic rings. The monoisotopic (exact) mass is 340 g/mol. The highest BCUT2D eigenvalue weighted by Gasteiger charge is 2.28. The highest BCUT2D eigenvalue weighted by Crippen LogP contribution is 2.35. The lowest BCUT2D eigenvalue weighted by atomic mass is 9.87. The van der Waals surface area contributed by atoms with Crippen LogP contribution in [0.3, 0.4) is 0 Å². The number of carbonyl (C=O) groups is 1. The number of fused-ring (bicyclic) bond motifs is 1. The first-order chi connectivity index (χ1) is 12.1. The van der Waals surface area contributed by atoms with Gasteiger partial charge in [-0.25, -0.2) is 8.78 Å². The van der Waals surface area contributed by atoms with Gasteiger partial charge < -0.3 is 10.3 Å². The summed E-state index contributed by atoms with van der Waals surface area (Å²) in [5, 5.41) is 3.89. The summed E-state index contributed by atoms with van der Waals surface area (Å²) in [6, 6.07) is 11.5. The highest BCUT2D eigenvalue weighted by molar-refractivity contribution is 5.86. The zero-order valence-electron chi connectivity index (χ0n) is 13.6. The third-order valence-electron chi connectivity index (χ3n) is 4.67. The van der Waals surface area contributed by atoms with Crippen LogP contribution in [0, 0.1) is 11.6 Å². The average molecular weight is 340 g/mol. The molecule has 1 fully saturated rings. The summed E-state index contributed by atoms with van der Waals surface area (Å²) in [5.74, 6) is -1.84. The maximum atomic E-state index is 14.4. The van der Waals surface area contributed by atoms with Crippen LogP contribution in [0.1, 0.15) is 36.3 Å². The second kappa shape index (κ2) is 6.31. The summed E-state index contributed by atoms with van der Waals surface area (Å²) < 4.78 is 27.8. The van der Waals surface area contributed by atoms with Crippen LogP contribution in [0.5, 0.6) is 0 Å². The Bertz CT molecular complexity index is 930. The van der Waals surface area contributed by atoms with E-state index in [0.29, 0.717) is 5.56 Å². The van der Waals surface area contributed by atoms with Crippen molar-refractivity contribution in [3.05, 3.63) is 71.4 Å². The molecule has 1 unspecified atom stereocenters. The average Bonchev–Trinajstić information content (AvgIpc) is 3.29. The van der Waals surface area contributed by atoms with Crippen LogP contribution < -0.4 is 5.32 Å². The first kappa shape index (κ1) is 15.8. The number of amides is 1. The van der Waals surface area contributed by atoms with Gasteiger partial charge in [0.2, 0.25) is 5.91 Å². The van der Waals surface area contributed by atoms with Crippen LogP contribution in [0.4, 0.5) is 8.78 Å². The number of carbonyl (C=O) groups excluding carboxylic acids is 1. The number of halogens is 2. The van der Waals surface area contributed by atoms with Gasteiger partial charge in [-0.2, -0.15) is 0 Å². The predicted octanol–water partition coefficient (Wildman–Crippen LogP) is 4.25. The van der Waals surface area contributed by atoms with Crippen molar-refractivity contribution in [2.24, 2.45) is 0 Å². The van der Waals surface area contributed by atoms with E-state index >= 15 is 0 Å². The van der Waals surface area contributed by atoms with Gasteiger partial charge in [0.15, 0.2) is 0 Å². The van der Waals surface area contributed by atoms with Crippen molar-refractivity contribution in [3.63, 3.8) is 0 Å². The molecule has 1 saturated carbocycles. The van der Waals surface area contributed by atoms with Gasteiger partial charge in [-0.1, -0.05) is 24.3 Å². The molecule has 5 heteroatoms. The van der Waals surface area contributed by atoms with Crippen molar-refractivity contribution in [2.45, 2.75) is 31.2 Å². The quantitative estimate of drug-likeness (QED) is 0.717. The first-order valence-electron chi connectivity index (χ1n) is 8.42. The SMILES string of the molecule is O=C(CC(c1ccc(F)cc1F)c1c[nH]c2ccccc12)NC1CC1. The number of benzene rings is 2. The van der Waals surface area contributed by atoms with Crippen LogP contribution in [0.15, 0.2) is 48.7 Å². The summed E-state index contributed by atoms with van der Waals surface area (Å²) in [6.45, 7) is 0. The Kier molecular flexibility index (Phi) is 3.99. The highest BCUT2D eigenvalue weighted by atomic mass is 19.1. The summed E-state index contributed by atoms with van der Waals surface area (Å²) >= 11 is 0. The summed E-state index contributed by atoms with van der Waals surface area (Å²) in [4.78, 5) is 15.5. The van der Waals surface area contributed by atoms with Crippen LogP contribution in [-0.4, -0.2) is 16.9 Å². The molecule has 0 radical (unpaired) electrons. The Hall–Kier alpha value is -2.69. The molecule has 2 aromatic carbocycles. The van der Waals surface area contributed by atoms with Crippen LogP contribution in [-0.2, 0) is 4.79 Å². The van der Waals surface area contributed by atoms with E-state index in [-0.39, 0.29) is 18.4 Å². The molecular weight excluding hydrogens is 322 g/mol. The fourth-order valence-electron chi connectivity index (χ4n) is 3.25. The number of rotatable bonds is 5. The molecule has 25 heavy (non-hydrogen) atoms. The number of H-pyrrole nitrogens is 1. The van der Waals surface area contributed by atoms with E-state index in [1.807, 2.05) is 30.5 Å². The molecule has 2 N–H and O–H groups in total. The first-order valence-corrected chi connectivity index (χ1v) is 8.42. The van der Waals surface area contributed by atoms with Crippen molar-refractivity contribution in [1.82, 2.24) is 10.3 Å². The third kappa shape index (κ3) is 3.27. The van der Waals surface area contributed by atoms with Gasteiger partial charge in [0.1, 0.15) is 11.6 Å². The number of aromatic amines is 1. The molecule has 1 aromatic heterocycles. The van der Waals surface area contributed by atoms with Gasteiger partial charge in [-0.05, 0) is 36.1 Å². The maximum absolute atomic E-state index is 14.4. The van der Waals surface area contributed by atoms with Gasteiger partial charge in [0, 0.05) is 41.5 Å². The lowest BCUT2D eigenvalue weighted by molar-refractivity contribution is -0.121. The largest absolute Gasteiger partial charge is 0.361 e. The Morgan fingerprint density at radius 3 is 2.72 bits per heavy atom. The number of hydrogen-bond donors (Lipinski definition) is 2. The molecule has 0 saturated heterocycles. The Labute approximate surface area is 144 Å². The minimum Gasteiger partial charge on any atom is -0.361 e. The molecule has 128 valence electrons. The van der Waals surface area contributed by atoms with E-state index in [9.17, 15) is 13.6 Å². The van der Waals surface area contributed by atoms with Crippen molar-refractivity contribution in [1.29, 1.82) is 0 Å². The van der Waals surface area contributed by atoms with Crippen LogP contribution in [0.25, 0.3) is 10.9 Å². The topological polar surface area (TPSA) is 44.9 Å². The zero-order valence-corrected chi connectivity index (χ0v) is 13.6. The number of nitrogens with one attached hydrogen (secondary N) is 2. The van der Waals surface area contributed by atoms with Crippen molar-refractivity contribution in [3.8, 4) is 0 Å². The standard InChI is InChI=1S/C20H18F2N2O/c21-12-5-8-14(18(22)9-12)16(10-20(25)24-13-6-7-13)17-11-23-19-4-2-1-3-15(17)19/h1-5,8-9,11,13,16,23H,6-7,10H2,(H,24,25). The third-order valence-corrected chi connectivity index (χ3v) is 4.67. The molecule has 4 rings (SSSR count). The Morgan fingerprint density at radius 2 is 1.96 bits per heavy atom. The van der Waals surface area contributed by atoms with Crippen LogP contribution in [0.2, 0.25) is 0 Å². The predicted molar refractivity (Wildman–Crippen MR) is 92.3 cm³/mol. The lowest BCUT2D eigenvalue weighted by Crippen LogP contribution is -2.27. The van der Waals surface area contributed by atoms with Gasteiger partial charge in [-0.3, -0.25) is 4.79 Å². The number of aromatic nitrogens is 1. The minimum atomic E-state index is -0.630. The summed E-state index contributed by atoms with van der Waals surface area (Å²) in [6.07, 6.45) is 3.92. The van der Waals surface area contributed by atoms with E-state index in [1.54, 1.807) is 0 Å². The normalized spacial score (nSPS) is 15.3. The number of hydrogen-bond acceptors (Lipinski definition) is 1. The van der Waals surface area contributed by atoms with Crippen LogP contribution >= 0.6 is 0 Å². The fraction of sp³-hybridized carbons (Fsp3) is 0.250. The molecule has 1 aliphatic rings. The van der Waals surface area contributed by atoms with Gasteiger partial charge in [0.25, 0.3) is 0 Å². The van der Waals surface area contributed by atoms with E-state index in [0.717, 1.165) is 35.4 Å². The number of para-hydroxylation sites is 1. The second-order valence-corrected chi connectivity index (χ2v) is 6.55. The minimum absolute atomic E-state index is 0.110. The van der Waals surface area contributed by atoms with Crippen molar-refractivity contribution in [2.75, 3.05) is 0 Å². The van der Waals surface area contributed by atoms with E-state index < -0.39 is 17.6 Å². The van der Waals surface area contributed by atoms with E-state index in [2.05, 4.69) is 10.3 Å².